The Morgan fingerprint density at radius 1 is 1.42 bits per heavy atom. The lowest BCUT2D eigenvalue weighted by molar-refractivity contribution is 0.331. The lowest BCUT2D eigenvalue weighted by Crippen LogP contribution is -2.25. The molecule has 0 aliphatic carbocycles. The van der Waals surface area contributed by atoms with Crippen LogP contribution in [0, 0.1) is 0 Å². The van der Waals surface area contributed by atoms with E-state index >= 15 is 0 Å². The van der Waals surface area contributed by atoms with Gasteiger partial charge in [0.2, 0.25) is 10.0 Å². The zero-order chi connectivity index (χ0) is 14.3. The van der Waals surface area contributed by atoms with Crippen LogP contribution in [0.2, 0.25) is 0 Å². The topological polar surface area (TPSA) is 81.4 Å². The molecule has 0 radical (unpaired) electrons. The Morgan fingerprint density at radius 2 is 2.16 bits per heavy atom. The average molecular weight is 284 g/mol. The summed E-state index contributed by atoms with van der Waals surface area (Å²) in [4.78, 5) is 0.0785. The van der Waals surface area contributed by atoms with Crippen LogP contribution in [0.25, 0.3) is 0 Å². The van der Waals surface area contributed by atoms with Crippen LogP contribution in [-0.4, -0.2) is 21.6 Å². The van der Waals surface area contributed by atoms with Crippen molar-refractivity contribution in [1.29, 1.82) is 0 Å². The summed E-state index contributed by atoms with van der Waals surface area (Å²) >= 11 is 0. The number of benzene rings is 1. The lowest BCUT2D eigenvalue weighted by atomic mass is 10.3. The van der Waals surface area contributed by atoms with Gasteiger partial charge in [0, 0.05) is 12.2 Å². The van der Waals surface area contributed by atoms with Gasteiger partial charge in [0.1, 0.15) is 10.6 Å². The highest BCUT2D eigenvalue weighted by atomic mass is 32.2. The summed E-state index contributed by atoms with van der Waals surface area (Å²) in [6.45, 7) is 4.42. The molecule has 1 rings (SSSR count). The molecule has 19 heavy (non-hydrogen) atoms. The third kappa shape index (κ3) is 4.57. The van der Waals surface area contributed by atoms with Crippen molar-refractivity contribution in [2.75, 3.05) is 18.9 Å². The maximum atomic E-state index is 12.2. The Hall–Kier alpha value is -1.53. The highest BCUT2D eigenvalue weighted by Crippen LogP contribution is 2.26. The van der Waals surface area contributed by atoms with Gasteiger partial charge < -0.3 is 10.5 Å². The van der Waals surface area contributed by atoms with E-state index in [1.54, 1.807) is 19.1 Å². The van der Waals surface area contributed by atoms with Crippen LogP contribution in [0.15, 0.2) is 35.2 Å². The minimum atomic E-state index is -3.60. The van der Waals surface area contributed by atoms with Crippen molar-refractivity contribution in [3.05, 3.63) is 30.4 Å². The molecule has 0 bridgehead atoms. The molecule has 6 heteroatoms. The highest BCUT2D eigenvalue weighted by Gasteiger charge is 2.19. The Kier molecular flexibility index (Phi) is 5.85. The van der Waals surface area contributed by atoms with Crippen molar-refractivity contribution in [3.8, 4) is 5.75 Å². The summed E-state index contributed by atoms with van der Waals surface area (Å²) in [5, 5.41) is 0. The molecule has 0 saturated carbocycles. The maximum Gasteiger partial charge on any atom is 0.244 e. The normalized spacial score (nSPS) is 11.9. The first-order valence-corrected chi connectivity index (χ1v) is 7.62. The number of nitrogen functional groups attached to an aromatic ring is 1. The first kappa shape index (κ1) is 15.5. The van der Waals surface area contributed by atoms with Gasteiger partial charge in [-0.3, -0.25) is 0 Å². The number of nitrogens with one attached hydrogen (secondary N) is 1. The predicted octanol–water partition coefficient (Wildman–Crippen LogP) is 1.91. The fourth-order valence-electron chi connectivity index (χ4n) is 1.53. The monoisotopic (exact) mass is 284 g/mol. The first-order valence-electron chi connectivity index (χ1n) is 6.14. The number of rotatable bonds is 7. The van der Waals surface area contributed by atoms with Gasteiger partial charge in [0.05, 0.1) is 6.61 Å². The Bertz CT molecular complexity index is 539. The van der Waals surface area contributed by atoms with E-state index in [1.165, 1.54) is 6.07 Å². The van der Waals surface area contributed by atoms with E-state index in [-0.39, 0.29) is 4.90 Å². The van der Waals surface area contributed by atoms with Crippen molar-refractivity contribution in [3.63, 3.8) is 0 Å². The number of nitrogens with two attached hydrogens (primary N) is 1. The van der Waals surface area contributed by atoms with Crippen molar-refractivity contribution in [2.45, 2.75) is 25.2 Å². The average Bonchev–Trinajstić information content (AvgIpc) is 2.37. The van der Waals surface area contributed by atoms with Gasteiger partial charge in [-0.2, -0.15) is 0 Å². The second-order valence-corrected chi connectivity index (χ2v) is 5.63. The number of anilines is 1. The summed E-state index contributed by atoms with van der Waals surface area (Å²) in [5.74, 6) is 0.315. The number of ether oxygens (including phenoxy) is 1. The molecule has 106 valence electrons. The van der Waals surface area contributed by atoms with Gasteiger partial charge in [0.15, 0.2) is 0 Å². The van der Waals surface area contributed by atoms with Crippen LogP contribution >= 0.6 is 0 Å². The smallest absolute Gasteiger partial charge is 0.244 e. The standard InChI is InChI=1S/C13H20N2O3S/c1-3-5-6-9-15-19(16,17)13-10-11(14)7-8-12(13)18-4-2/h3,5,7-8,10,15H,4,6,9,14H2,1-2H3/b5-3+. The third-order valence-electron chi connectivity index (χ3n) is 2.40. The molecule has 0 aliphatic heterocycles. The summed E-state index contributed by atoms with van der Waals surface area (Å²) in [5.41, 5.74) is 6.02. The Balaban J connectivity index is 2.95. The highest BCUT2D eigenvalue weighted by molar-refractivity contribution is 7.89. The molecule has 0 unspecified atom stereocenters. The van der Waals surface area contributed by atoms with E-state index in [1.807, 2.05) is 19.1 Å². The molecular weight excluding hydrogens is 264 g/mol. The van der Waals surface area contributed by atoms with E-state index in [0.717, 1.165) is 0 Å². The molecule has 1 aromatic carbocycles. The molecular formula is C13H20N2O3S. The Labute approximate surface area is 114 Å². The van der Waals surface area contributed by atoms with Crippen LogP contribution in [0.3, 0.4) is 0 Å². The largest absolute Gasteiger partial charge is 0.492 e. The fourth-order valence-corrected chi connectivity index (χ4v) is 2.76. The molecule has 0 fully saturated rings. The number of hydrogen-bond donors (Lipinski definition) is 2. The number of sulfonamides is 1. The summed E-state index contributed by atoms with van der Waals surface area (Å²) in [6, 6.07) is 4.59. The maximum absolute atomic E-state index is 12.2. The molecule has 0 spiro atoms. The zero-order valence-corrected chi connectivity index (χ0v) is 12.0. The van der Waals surface area contributed by atoms with Crippen molar-refractivity contribution >= 4 is 15.7 Å². The molecule has 0 heterocycles. The van der Waals surface area contributed by atoms with Crippen molar-refractivity contribution in [2.24, 2.45) is 0 Å². The summed E-state index contributed by atoms with van der Waals surface area (Å²) in [6.07, 6.45) is 4.41. The first-order chi connectivity index (χ1) is 9.01. The molecule has 3 N–H and O–H groups in total. The molecule has 0 aromatic heterocycles. The van der Waals surface area contributed by atoms with E-state index in [2.05, 4.69) is 4.72 Å². The lowest BCUT2D eigenvalue weighted by Gasteiger charge is -2.12. The van der Waals surface area contributed by atoms with Gasteiger partial charge in [-0.1, -0.05) is 12.2 Å². The molecule has 5 nitrogen and oxygen atoms in total. The Morgan fingerprint density at radius 3 is 2.79 bits per heavy atom. The molecule has 0 saturated heterocycles. The minimum absolute atomic E-state index is 0.0785. The van der Waals surface area contributed by atoms with Crippen LogP contribution < -0.4 is 15.2 Å². The second-order valence-electron chi connectivity index (χ2n) is 3.89. The van der Waals surface area contributed by atoms with E-state index in [9.17, 15) is 8.42 Å². The summed E-state index contributed by atoms with van der Waals surface area (Å²) in [7, 11) is -3.60. The van der Waals surface area contributed by atoms with Crippen LogP contribution in [-0.2, 0) is 10.0 Å². The van der Waals surface area contributed by atoms with E-state index < -0.39 is 10.0 Å². The quantitative estimate of drug-likeness (QED) is 0.455. The van der Waals surface area contributed by atoms with Crippen LogP contribution in [0.5, 0.6) is 5.75 Å². The molecule has 0 amide bonds. The van der Waals surface area contributed by atoms with E-state index in [0.29, 0.717) is 31.0 Å². The molecule has 0 atom stereocenters. The van der Waals surface area contributed by atoms with Crippen molar-refractivity contribution in [1.82, 2.24) is 4.72 Å². The van der Waals surface area contributed by atoms with Gasteiger partial charge in [0.25, 0.3) is 0 Å². The van der Waals surface area contributed by atoms with E-state index in [4.69, 9.17) is 10.5 Å². The molecule has 0 aliphatic rings. The van der Waals surface area contributed by atoms with Gasteiger partial charge in [-0.15, -0.1) is 0 Å². The summed E-state index contributed by atoms with van der Waals surface area (Å²) < 4.78 is 32.2. The SMILES string of the molecule is C/C=C/CCNS(=O)(=O)c1cc(N)ccc1OCC. The fraction of sp³-hybridized carbons (Fsp3) is 0.385. The van der Waals surface area contributed by atoms with Crippen molar-refractivity contribution < 1.29 is 13.2 Å². The zero-order valence-electron chi connectivity index (χ0n) is 11.2. The second kappa shape index (κ2) is 7.16. The minimum Gasteiger partial charge on any atom is -0.492 e. The van der Waals surface area contributed by atoms with Gasteiger partial charge in [-0.05, 0) is 38.5 Å². The van der Waals surface area contributed by atoms with Gasteiger partial charge >= 0.3 is 0 Å². The predicted molar refractivity (Wildman–Crippen MR) is 76.6 cm³/mol. The third-order valence-corrected chi connectivity index (χ3v) is 3.88. The van der Waals surface area contributed by atoms with Gasteiger partial charge in [-0.25, -0.2) is 13.1 Å². The van der Waals surface area contributed by atoms with Crippen LogP contribution in [0.4, 0.5) is 5.69 Å². The number of allylic oxidation sites excluding steroid dienone is 1. The van der Waals surface area contributed by atoms with Crippen LogP contribution in [0.1, 0.15) is 20.3 Å². The molecule has 1 aromatic rings. The number of hydrogen-bond acceptors (Lipinski definition) is 4.